The van der Waals surface area contributed by atoms with Gasteiger partial charge in [-0.05, 0) is 70.0 Å². The van der Waals surface area contributed by atoms with Crippen molar-refractivity contribution < 1.29 is 18.6 Å². The molecule has 2 aromatic carbocycles. The van der Waals surface area contributed by atoms with E-state index in [4.69, 9.17) is 56.6 Å². The number of aromatic amines is 3. The topological polar surface area (TPSA) is 217 Å². The van der Waals surface area contributed by atoms with Crippen molar-refractivity contribution in [2.45, 2.75) is 51.8 Å². The number of ether oxygens (including phenoxy) is 3. The van der Waals surface area contributed by atoms with Crippen molar-refractivity contribution in [1.29, 1.82) is 0 Å². The van der Waals surface area contributed by atoms with Crippen LogP contribution in [-0.2, 0) is 4.74 Å². The number of hydrogen-bond donors (Lipinski definition) is 6. The highest BCUT2D eigenvalue weighted by atomic mass is 35.5. The zero-order valence-electron chi connectivity index (χ0n) is 38.4. The fraction of sp³-hybridized carbons (Fsp3) is 0.333. The van der Waals surface area contributed by atoms with Crippen molar-refractivity contribution in [2.75, 3.05) is 72.9 Å². The van der Waals surface area contributed by atoms with Gasteiger partial charge in [-0.1, -0.05) is 17.7 Å². The fourth-order valence-electron chi connectivity index (χ4n) is 9.11. The summed E-state index contributed by atoms with van der Waals surface area (Å²) in [5, 5.41) is 21.3. The molecule has 69 heavy (non-hydrogen) atoms. The van der Waals surface area contributed by atoms with Gasteiger partial charge in [-0.25, -0.2) is 9.07 Å². The summed E-state index contributed by atoms with van der Waals surface area (Å²) in [5.74, 6) is 3.74. The molecule has 0 bridgehead atoms. The van der Waals surface area contributed by atoms with Crippen LogP contribution in [0.3, 0.4) is 0 Å². The van der Waals surface area contributed by atoms with Crippen LogP contribution >= 0.6 is 11.6 Å². The fourth-order valence-corrected chi connectivity index (χ4v) is 9.37. The van der Waals surface area contributed by atoms with E-state index in [0.29, 0.717) is 115 Å². The Labute approximate surface area is 401 Å². The Bertz CT molecular complexity index is 3200. The molecule has 3 fully saturated rings. The van der Waals surface area contributed by atoms with E-state index in [0.717, 1.165) is 46.5 Å². The molecule has 0 radical (unpaired) electrons. The van der Waals surface area contributed by atoms with Gasteiger partial charge in [-0.3, -0.25) is 10.00 Å². The molecule has 2 atom stereocenters. The Balaban J connectivity index is 0.894. The molecule has 2 saturated heterocycles. The number of hydrogen-bond acceptors (Lipinski definition) is 15. The van der Waals surface area contributed by atoms with E-state index in [-0.39, 0.29) is 30.0 Å². The van der Waals surface area contributed by atoms with E-state index in [2.05, 4.69) is 52.1 Å². The highest BCUT2D eigenvalue weighted by Gasteiger charge is 2.32. The van der Waals surface area contributed by atoms with Gasteiger partial charge in [0.05, 0.1) is 24.3 Å². The first-order valence-corrected chi connectivity index (χ1v) is 23.4. The number of halogens is 2. The second kappa shape index (κ2) is 18.3. The Hall–Kier alpha value is -7.26. The highest BCUT2D eigenvalue weighted by molar-refractivity contribution is 6.37. The minimum Gasteiger partial charge on any atom is -0.423 e. The van der Waals surface area contributed by atoms with Crippen molar-refractivity contribution >= 4 is 68.3 Å². The normalized spacial score (nSPS) is 17.8. The van der Waals surface area contributed by atoms with Crippen molar-refractivity contribution in [3.8, 4) is 23.5 Å². The molecule has 0 amide bonds. The minimum absolute atomic E-state index is 0.00176. The molecule has 2 unspecified atom stereocenters. The van der Waals surface area contributed by atoms with Gasteiger partial charge in [0.25, 0.3) is 0 Å². The largest absolute Gasteiger partial charge is 0.423 e. The number of aromatic nitrogens is 10. The van der Waals surface area contributed by atoms with Crippen LogP contribution in [0.2, 0.25) is 5.02 Å². The van der Waals surface area contributed by atoms with Crippen LogP contribution in [0, 0.1) is 26.6 Å². The van der Waals surface area contributed by atoms with Crippen molar-refractivity contribution in [3.05, 3.63) is 107 Å². The number of H-pyrrole nitrogens is 3. The number of morpholine rings is 1. The van der Waals surface area contributed by atoms with Gasteiger partial charge in [0, 0.05) is 114 Å². The molecule has 11 rings (SSSR count). The molecular formula is C48H52ClFN16O3. The lowest BCUT2D eigenvalue weighted by Crippen LogP contribution is -2.51. The van der Waals surface area contributed by atoms with Gasteiger partial charge in [0.2, 0.25) is 0 Å². The number of fused-ring (bicyclic) bond motifs is 2. The molecule has 1 aliphatic carbocycles. The standard InChI is InChI=1S/C48H52ClFN16O3/c1-5-12-63-13-14-64(42-21-38(54-40-20-35(60-61-40)29-6-7-29)56-47(58-42)68-36-10-8-33-31(45(36)49)17-26(2)52-33)25-44(63)66-28(4)19-41(62-66)55-39-22-43(65-15-16-67-30(23-51)24-65)59-48(57-39)69-37-11-9-34-32(46(37)50)18-27(3)53-34/h5,8-11,17-22,29-30,44,52-53H,1,6-7,12-16,23-25,51H2,2-4H3,(H,55,57,59,62)(H2,54,56,58,60,61). The third-order valence-corrected chi connectivity index (χ3v) is 13.1. The zero-order valence-corrected chi connectivity index (χ0v) is 39.1. The van der Waals surface area contributed by atoms with Crippen molar-refractivity contribution in [3.63, 3.8) is 0 Å². The molecule has 8 heterocycles. The Kier molecular flexibility index (Phi) is 11.8. The Morgan fingerprint density at radius 2 is 1.48 bits per heavy atom. The average Bonchev–Trinajstić information content (AvgIpc) is 3.57. The lowest BCUT2D eigenvalue weighted by Gasteiger charge is -2.41. The van der Waals surface area contributed by atoms with E-state index < -0.39 is 5.82 Å². The summed E-state index contributed by atoms with van der Waals surface area (Å²) in [6.45, 7) is 14.3. The molecular weight excluding hydrogens is 903 g/mol. The molecule has 1 saturated carbocycles. The summed E-state index contributed by atoms with van der Waals surface area (Å²) >= 11 is 6.91. The van der Waals surface area contributed by atoms with Crippen molar-refractivity contribution in [2.24, 2.45) is 5.73 Å². The molecule has 7 N–H and O–H groups in total. The second-order valence-corrected chi connectivity index (χ2v) is 18.2. The minimum atomic E-state index is -0.512. The van der Waals surface area contributed by atoms with Crippen LogP contribution < -0.4 is 35.6 Å². The molecule has 356 valence electrons. The van der Waals surface area contributed by atoms with Crippen LogP contribution in [-0.4, -0.2) is 113 Å². The summed E-state index contributed by atoms with van der Waals surface area (Å²) in [6, 6.07) is 18.6. The van der Waals surface area contributed by atoms with E-state index in [1.54, 1.807) is 18.2 Å². The van der Waals surface area contributed by atoms with E-state index in [9.17, 15) is 0 Å². The molecule has 6 aromatic heterocycles. The quantitative estimate of drug-likeness (QED) is 0.0531. The average molecular weight is 956 g/mol. The number of nitrogens with one attached hydrogen (secondary N) is 5. The van der Waals surface area contributed by atoms with Crippen LogP contribution in [0.5, 0.6) is 23.5 Å². The number of nitrogens with two attached hydrogens (primary N) is 1. The Morgan fingerprint density at radius 3 is 2.19 bits per heavy atom. The molecule has 0 spiro atoms. The maximum atomic E-state index is 15.8. The SMILES string of the molecule is C=CCN1CCN(c2cc(Nc3cc(C4CC4)[nH]n3)nc(Oc3ccc4[nH]c(C)cc4c3Cl)n2)CC1n1nc(Nc2cc(N3CCOC(CN)C3)nc(Oc3ccc4[nH]c(C)cc4c3F)n2)cc1C. The monoisotopic (exact) mass is 954 g/mol. The van der Waals surface area contributed by atoms with Crippen molar-refractivity contribution in [1.82, 2.24) is 54.8 Å². The first-order valence-electron chi connectivity index (χ1n) is 23.1. The number of aryl methyl sites for hydroxylation is 3. The maximum absolute atomic E-state index is 15.8. The van der Waals surface area contributed by atoms with E-state index in [1.165, 1.54) is 0 Å². The third kappa shape index (κ3) is 9.22. The van der Waals surface area contributed by atoms with Gasteiger partial charge >= 0.3 is 12.0 Å². The Morgan fingerprint density at radius 1 is 0.812 bits per heavy atom. The van der Waals surface area contributed by atoms with Gasteiger partial charge in [-0.15, -0.1) is 6.58 Å². The number of rotatable bonds is 15. The lowest BCUT2D eigenvalue weighted by atomic mass is 10.2. The maximum Gasteiger partial charge on any atom is 0.326 e. The second-order valence-electron chi connectivity index (χ2n) is 17.8. The summed E-state index contributed by atoms with van der Waals surface area (Å²) < 4.78 is 36.2. The predicted octanol–water partition coefficient (Wildman–Crippen LogP) is 8.49. The number of nitrogens with zero attached hydrogens (tertiary/aromatic N) is 10. The van der Waals surface area contributed by atoms with Crippen LogP contribution in [0.15, 0.2) is 73.3 Å². The van der Waals surface area contributed by atoms with Crippen LogP contribution in [0.1, 0.15) is 47.7 Å². The van der Waals surface area contributed by atoms with E-state index >= 15 is 4.39 Å². The summed E-state index contributed by atoms with van der Waals surface area (Å²) in [4.78, 5) is 32.3. The van der Waals surface area contributed by atoms with E-state index in [1.807, 2.05) is 74.0 Å². The molecule has 19 nitrogen and oxygen atoms in total. The van der Waals surface area contributed by atoms with Gasteiger partial charge in [0.15, 0.2) is 23.2 Å². The predicted molar refractivity (Wildman–Crippen MR) is 263 cm³/mol. The van der Waals surface area contributed by atoms with Crippen LogP contribution in [0.4, 0.5) is 39.3 Å². The summed E-state index contributed by atoms with van der Waals surface area (Å²) in [5.41, 5.74) is 11.4. The third-order valence-electron chi connectivity index (χ3n) is 12.7. The van der Waals surface area contributed by atoms with Gasteiger partial charge < -0.3 is 50.3 Å². The lowest BCUT2D eigenvalue weighted by molar-refractivity contribution is 0.0462. The first-order chi connectivity index (χ1) is 33.5. The summed E-state index contributed by atoms with van der Waals surface area (Å²) in [7, 11) is 0. The summed E-state index contributed by atoms with van der Waals surface area (Å²) in [6.07, 6.45) is 3.76. The number of piperazine rings is 1. The highest BCUT2D eigenvalue weighted by Crippen LogP contribution is 2.41. The number of benzene rings is 2. The molecule has 8 aromatic rings. The molecule has 2 aliphatic heterocycles. The number of anilines is 6. The first kappa shape index (κ1) is 44.3. The zero-order chi connectivity index (χ0) is 47.3. The van der Waals surface area contributed by atoms with Gasteiger partial charge in [0.1, 0.15) is 35.2 Å². The van der Waals surface area contributed by atoms with Crippen LogP contribution in [0.25, 0.3) is 21.8 Å². The molecule has 3 aliphatic rings. The smallest absolute Gasteiger partial charge is 0.326 e. The van der Waals surface area contributed by atoms with Gasteiger partial charge in [-0.2, -0.15) is 30.1 Å². The molecule has 21 heteroatoms.